The van der Waals surface area contributed by atoms with Crippen molar-refractivity contribution in [2.45, 2.75) is 24.6 Å². The number of benzene rings is 1. The molecule has 1 aliphatic carbocycles. The zero-order valence-electron chi connectivity index (χ0n) is 11.7. The molecule has 0 aromatic heterocycles. The highest BCUT2D eigenvalue weighted by Crippen LogP contribution is 2.63. The number of carbonyl (C=O) groups is 1. The first-order chi connectivity index (χ1) is 9.34. The number of hydrogen-bond acceptors (Lipinski definition) is 2. The van der Waals surface area contributed by atoms with Crippen LogP contribution in [0.2, 0.25) is 0 Å². The van der Waals surface area contributed by atoms with Gasteiger partial charge in [0.1, 0.15) is 4.33 Å². The van der Waals surface area contributed by atoms with Gasteiger partial charge in [0.15, 0.2) is 0 Å². The number of alkyl halides is 2. The monoisotopic (exact) mass is 315 g/mol. The van der Waals surface area contributed by atoms with E-state index in [0.717, 1.165) is 12.1 Å². The highest BCUT2D eigenvalue weighted by Gasteiger charge is 2.63. The van der Waals surface area contributed by atoms with Crippen molar-refractivity contribution in [2.24, 2.45) is 11.3 Å². The van der Waals surface area contributed by atoms with Crippen LogP contribution in [0.4, 0.5) is 5.69 Å². The molecule has 20 heavy (non-hydrogen) atoms. The van der Waals surface area contributed by atoms with Gasteiger partial charge in [-0.05, 0) is 18.6 Å². The second kappa shape index (κ2) is 5.92. The summed E-state index contributed by atoms with van der Waals surface area (Å²) in [4.78, 5) is 12.0. The fourth-order valence-corrected chi connectivity index (χ4v) is 2.63. The average molecular weight is 316 g/mol. The van der Waals surface area contributed by atoms with Crippen molar-refractivity contribution in [1.29, 1.82) is 0 Å². The average Bonchev–Trinajstić information content (AvgIpc) is 2.89. The highest BCUT2D eigenvalue weighted by molar-refractivity contribution is 6.51. The predicted octanol–water partition coefficient (Wildman–Crippen LogP) is 3.86. The zero-order chi connectivity index (χ0) is 14.8. The summed E-state index contributed by atoms with van der Waals surface area (Å²) in [5, 5.41) is 2.85. The molecule has 3 nitrogen and oxygen atoms in total. The molecule has 0 saturated heterocycles. The smallest absolute Gasteiger partial charge is 0.229 e. The molecule has 1 amide bonds. The van der Waals surface area contributed by atoms with Gasteiger partial charge in [0, 0.05) is 11.1 Å². The summed E-state index contributed by atoms with van der Waals surface area (Å²) in [5.74, 6) is -0.280. The number of anilines is 1. The lowest BCUT2D eigenvalue weighted by atomic mass is 10.1. The minimum atomic E-state index is -0.678. The Morgan fingerprint density at radius 2 is 2.00 bits per heavy atom. The lowest BCUT2D eigenvalue weighted by Crippen LogP contribution is -2.26. The van der Waals surface area contributed by atoms with Crippen molar-refractivity contribution >= 4 is 34.8 Å². The Labute approximate surface area is 129 Å². The molecular formula is C15H19Cl2NO2. The molecule has 1 fully saturated rings. The largest absolute Gasteiger partial charge is 0.380 e. The Morgan fingerprint density at radius 1 is 1.40 bits per heavy atom. The normalized spacial score (nSPS) is 25.0. The highest BCUT2D eigenvalue weighted by atomic mass is 35.5. The van der Waals surface area contributed by atoms with Crippen molar-refractivity contribution in [3.63, 3.8) is 0 Å². The van der Waals surface area contributed by atoms with Gasteiger partial charge in [-0.25, -0.2) is 0 Å². The number of amides is 1. The maximum Gasteiger partial charge on any atom is 0.229 e. The van der Waals surface area contributed by atoms with E-state index in [1.807, 2.05) is 44.2 Å². The molecule has 2 unspecified atom stereocenters. The molecule has 0 heterocycles. The first-order valence-corrected chi connectivity index (χ1v) is 7.41. The molecule has 0 bridgehead atoms. The second-order valence-corrected chi connectivity index (χ2v) is 7.20. The summed E-state index contributed by atoms with van der Waals surface area (Å²) >= 11 is 12.1. The van der Waals surface area contributed by atoms with Gasteiger partial charge in [0.25, 0.3) is 0 Å². The van der Waals surface area contributed by atoms with E-state index in [2.05, 4.69) is 5.32 Å². The van der Waals surface area contributed by atoms with Crippen LogP contribution in [0.25, 0.3) is 0 Å². The topological polar surface area (TPSA) is 38.3 Å². The van der Waals surface area contributed by atoms with E-state index in [4.69, 9.17) is 27.9 Å². The molecule has 1 aliphatic rings. The minimum absolute atomic E-state index is 0.0554. The number of hydrogen-bond donors (Lipinski definition) is 1. The summed E-state index contributed by atoms with van der Waals surface area (Å²) in [5.41, 5.74) is 0.602. The van der Waals surface area contributed by atoms with Gasteiger partial charge < -0.3 is 10.1 Å². The van der Waals surface area contributed by atoms with Crippen molar-refractivity contribution in [2.75, 3.05) is 18.5 Å². The van der Waals surface area contributed by atoms with Crippen LogP contribution in [-0.4, -0.2) is 23.5 Å². The predicted molar refractivity (Wildman–Crippen MR) is 82.2 cm³/mol. The van der Waals surface area contributed by atoms with Crippen molar-refractivity contribution in [3.05, 3.63) is 30.3 Å². The zero-order valence-corrected chi connectivity index (χ0v) is 13.2. The second-order valence-electron chi connectivity index (χ2n) is 5.71. The molecule has 1 N–H and O–H groups in total. The fraction of sp³-hybridized carbons (Fsp3) is 0.533. The van der Waals surface area contributed by atoms with Crippen LogP contribution in [-0.2, 0) is 9.53 Å². The van der Waals surface area contributed by atoms with E-state index < -0.39 is 4.33 Å². The van der Waals surface area contributed by atoms with Gasteiger partial charge >= 0.3 is 0 Å². The Hall–Kier alpha value is -0.770. The van der Waals surface area contributed by atoms with E-state index in [-0.39, 0.29) is 17.2 Å². The van der Waals surface area contributed by atoms with Gasteiger partial charge in [0.05, 0.1) is 19.1 Å². The van der Waals surface area contributed by atoms with Crippen LogP contribution >= 0.6 is 23.2 Å². The number of para-hydroxylation sites is 1. The lowest BCUT2D eigenvalue weighted by Gasteiger charge is -2.16. The summed E-state index contributed by atoms with van der Waals surface area (Å²) in [6.07, 6.45) is 0.730. The summed E-state index contributed by atoms with van der Waals surface area (Å²) in [7, 11) is 0. The molecule has 0 spiro atoms. The lowest BCUT2D eigenvalue weighted by molar-refractivity contribution is -0.121. The van der Waals surface area contributed by atoms with Gasteiger partial charge in [-0.15, -0.1) is 23.2 Å². The van der Waals surface area contributed by atoms with E-state index in [9.17, 15) is 4.79 Å². The van der Waals surface area contributed by atoms with Crippen molar-refractivity contribution in [1.82, 2.24) is 0 Å². The molecule has 110 valence electrons. The minimum Gasteiger partial charge on any atom is -0.380 e. The van der Waals surface area contributed by atoms with E-state index in [1.54, 1.807) is 0 Å². The van der Waals surface area contributed by atoms with Gasteiger partial charge in [-0.3, -0.25) is 4.79 Å². The third-order valence-electron chi connectivity index (χ3n) is 3.65. The molecule has 5 heteroatoms. The van der Waals surface area contributed by atoms with E-state index in [0.29, 0.717) is 13.2 Å². The van der Waals surface area contributed by atoms with Crippen molar-refractivity contribution < 1.29 is 9.53 Å². The molecule has 1 aromatic rings. The summed E-state index contributed by atoms with van der Waals surface area (Å²) in [6, 6.07) is 9.37. The summed E-state index contributed by atoms with van der Waals surface area (Å²) in [6.45, 7) is 4.66. The SMILES string of the molecule is CC(COCC1(C)CC1(Cl)Cl)C(=O)Nc1ccccc1. The van der Waals surface area contributed by atoms with E-state index in [1.165, 1.54) is 0 Å². The quantitative estimate of drug-likeness (QED) is 0.809. The first-order valence-electron chi connectivity index (χ1n) is 6.66. The maximum absolute atomic E-state index is 12.0. The standard InChI is InChI=1S/C15H19Cl2NO2/c1-11(8-20-10-14(2)9-15(14,16)17)13(19)18-12-6-4-3-5-7-12/h3-7,11H,8-10H2,1-2H3,(H,18,19). The molecule has 1 saturated carbocycles. The van der Waals surface area contributed by atoms with Crippen molar-refractivity contribution in [3.8, 4) is 0 Å². The first kappa shape index (κ1) is 15.6. The van der Waals surface area contributed by atoms with E-state index >= 15 is 0 Å². The molecule has 2 atom stereocenters. The van der Waals surface area contributed by atoms with Crippen LogP contribution in [0.3, 0.4) is 0 Å². The Kier molecular flexibility index (Phi) is 4.62. The molecule has 2 rings (SSSR count). The number of halogens is 2. The van der Waals surface area contributed by atoms with Gasteiger partial charge in [-0.1, -0.05) is 32.0 Å². The van der Waals surface area contributed by atoms with Gasteiger partial charge in [0.2, 0.25) is 5.91 Å². The third kappa shape index (κ3) is 3.66. The molecular weight excluding hydrogens is 297 g/mol. The molecule has 1 aromatic carbocycles. The molecule has 0 aliphatic heterocycles. The maximum atomic E-state index is 12.0. The number of nitrogens with one attached hydrogen (secondary N) is 1. The van der Waals surface area contributed by atoms with Crippen LogP contribution in [0.5, 0.6) is 0 Å². The number of rotatable bonds is 6. The Morgan fingerprint density at radius 3 is 2.55 bits per heavy atom. The Balaban J connectivity index is 1.72. The summed E-state index contributed by atoms with van der Waals surface area (Å²) < 4.78 is 4.91. The van der Waals surface area contributed by atoms with Crippen LogP contribution in [0, 0.1) is 11.3 Å². The van der Waals surface area contributed by atoms with Crippen LogP contribution in [0.1, 0.15) is 20.3 Å². The Bertz CT molecular complexity index is 478. The van der Waals surface area contributed by atoms with Gasteiger partial charge in [-0.2, -0.15) is 0 Å². The third-order valence-corrected chi connectivity index (χ3v) is 4.83. The number of carbonyl (C=O) groups excluding carboxylic acids is 1. The number of ether oxygens (including phenoxy) is 1. The van der Waals surface area contributed by atoms with Crippen LogP contribution < -0.4 is 5.32 Å². The fourth-order valence-electron chi connectivity index (χ4n) is 1.93. The molecule has 0 radical (unpaired) electrons. The van der Waals surface area contributed by atoms with Crippen LogP contribution in [0.15, 0.2) is 30.3 Å².